The van der Waals surface area contributed by atoms with Gasteiger partial charge in [0.1, 0.15) is 11.4 Å². The molecule has 0 aliphatic rings. The van der Waals surface area contributed by atoms with Crippen molar-refractivity contribution >= 4 is 34.1 Å². The molecule has 2 aromatic heterocycles. The van der Waals surface area contributed by atoms with Gasteiger partial charge in [0.25, 0.3) is 0 Å². The van der Waals surface area contributed by atoms with Gasteiger partial charge in [0, 0.05) is 22.5 Å². The fourth-order valence-electron chi connectivity index (χ4n) is 2.90. The molecular weight excluding hydrogens is 409 g/mol. The van der Waals surface area contributed by atoms with E-state index < -0.39 is 11.2 Å². The summed E-state index contributed by atoms with van der Waals surface area (Å²) in [7, 11) is 0. The lowest BCUT2D eigenvalue weighted by Crippen LogP contribution is -2.17. The summed E-state index contributed by atoms with van der Waals surface area (Å²) in [5.41, 5.74) is 0.546. The van der Waals surface area contributed by atoms with Gasteiger partial charge in [-0.25, -0.2) is 14.2 Å². The monoisotopic (exact) mass is 427 g/mol. The van der Waals surface area contributed by atoms with Crippen LogP contribution in [0, 0.1) is 5.82 Å². The van der Waals surface area contributed by atoms with E-state index in [1.807, 2.05) is 19.1 Å². The molecule has 4 aromatic rings. The number of fused-ring (bicyclic) bond motifs is 1. The molecule has 0 amide bonds. The molecule has 4 rings (SSSR count). The summed E-state index contributed by atoms with van der Waals surface area (Å²) in [6.07, 6.45) is 2.30. The lowest BCUT2D eigenvalue weighted by molar-refractivity contribution is 0.0567. The number of hydrogen-bond donors (Lipinski definition) is 1. The molecule has 148 valence electrons. The average Bonchev–Trinajstić information content (AvgIpc) is 3.17. The molecule has 7 heteroatoms. The van der Waals surface area contributed by atoms with E-state index in [-0.39, 0.29) is 5.82 Å². The van der Waals surface area contributed by atoms with E-state index in [1.54, 1.807) is 31.3 Å². The Morgan fingerprint density at radius 1 is 1.21 bits per heavy atom. The minimum Gasteiger partial charge on any atom is -0.423 e. The molecule has 0 saturated carbocycles. The molecule has 29 heavy (non-hydrogen) atoms. The number of aliphatic hydroxyl groups is 1. The third-order valence-electron chi connectivity index (χ3n) is 4.78. The van der Waals surface area contributed by atoms with Crippen molar-refractivity contribution in [3.63, 3.8) is 0 Å². The van der Waals surface area contributed by atoms with Gasteiger partial charge in [-0.1, -0.05) is 30.8 Å². The van der Waals surface area contributed by atoms with Gasteiger partial charge in [-0.2, -0.15) is 0 Å². The first kappa shape index (κ1) is 19.8. The van der Waals surface area contributed by atoms with Gasteiger partial charge < -0.3 is 9.52 Å². The van der Waals surface area contributed by atoms with E-state index in [0.29, 0.717) is 17.6 Å². The number of aromatic nitrogens is 1. The van der Waals surface area contributed by atoms with Gasteiger partial charge in [-0.15, -0.1) is 11.3 Å². The topological polar surface area (TPSA) is 63.3 Å². The van der Waals surface area contributed by atoms with Crippen LogP contribution in [0.25, 0.3) is 22.1 Å². The maximum atomic E-state index is 13.3. The summed E-state index contributed by atoms with van der Waals surface area (Å²) in [4.78, 5) is 18.1. The largest absolute Gasteiger partial charge is 0.423 e. The normalized spacial score (nSPS) is 13.5. The molecule has 0 aliphatic carbocycles. The second kappa shape index (κ2) is 7.74. The molecule has 1 N–H and O–H groups in total. The van der Waals surface area contributed by atoms with Crippen LogP contribution in [0.5, 0.6) is 0 Å². The Morgan fingerprint density at radius 2 is 1.97 bits per heavy atom. The Bertz CT molecular complexity index is 1230. The summed E-state index contributed by atoms with van der Waals surface area (Å²) < 4.78 is 19.4. The molecule has 1 unspecified atom stereocenters. The van der Waals surface area contributed by atoms with Gasteiger partial charge in [-0.3, -0.25) is 0 Å². The third-order valence-corrected chi connectivity index (χ3v) is 7.09. The molecule has 0 spiro atoms. The van der Waals surface area contributed by atoms with E-state index >= 15 is 0 Å². The van der Waals surface area contributed by atoms with Crippen molar-refractivity contribution in [2.75, 3.05) is 0 Å². The van der Waals surface area contributed by atoms with Crippen LogP contribution < -0.4 is 5.63 Å². The highest BCUT2D eigenvalue weighted by Crippen LogP contribution is 2.38. The van der Waals surface area contributed by atoms with Crippen LogP contribution in [0.4, 0.5) is 4.39 Å². The smallest absolute Gasteiger partial charge is 0.336 e. The number of hydrogen-bond acceptors (Lipinski definition) is 6. The lowest BCUT2D eigenvalue weighted by atomic mass is 10.0. The molecule has 0 radical (unpaired) electrons. The first-order valence-corrected chi connectivity index (χ1v) is 10.7. The minimum atomic E-state index is -0.892. The van der Waals surface area contributed by atoms with Crippen molar-refractivity contribution in [3.8, 4) is 11.1 Å². The van der Waals surface area contributed by atoms with Gasteiger partial charge in [0.05, 0.1) is 10.5 Å². The average molecular weight is 428 g/mol. The standard InChI is InChI=1S/C22H18FNO3S2/c1-3-22(2,26)19-12-24-21(29-19)28-15-8-9-16-17(11-20(25)27-18(16)10-15)13-4-6-14(23)7-5-13/h4-12,26H,3H2,1-2H3. The fourth-order valence-corrected chi connectivity index (χ4v) is 5.00. The summed E-state index contributed by atoms with van der Waals surface area (Å²) in [6, 6.07) is 13.0. The van der Waals surface area contributed by atoms with E-state index in [1.165, 1.54) is 41.3 Å². The van der Waals surface area contributed by atoms with Crippen LogP contribution in [0.2, 0.25) is 0 Å². The quantitative estimate of drug-likeness (QED) is 0.406. The second-order valence-electron chi connectivity index (χ2n) is 6.86. The second-order valence-corrected chi connectivity index (χ2v) is 9.22. The molecule has 0 bridgehead atoms. The summed E-state index contributed by atoms with van der Waals surface area (Å²) in [6.45, 7) is 3.70. The number of rotatable bonds is 5. The van der Waals surface area contributed by atoms with Crippen molar-refractivity contribution < 1.29 is 13.9 Å². The van der Waals surface area contributed by atoms with Crippen LogP contribution in [0.1, 0.15) is 25.1 Å². The SMILES string of the molecule is CCC(C)(O)c1cnc(Sc2ccc3c(-c4ccc(F)cc4)cc(=O)oc3c2)s1. The summed E-state index contributed by atoms with van der Waals surface area (Å²) >= 11 is 2.89. The first-order chi connectivity index (χ1) is 13.9. The molecule has 0 saturated heterocycles. The highest BCUT2D eigenvalue weighted by atomic mass is 32.2. The number of halogens is 1. The van der Waals surface area contributed by atoms with E-state index in [4.69, 9.17) is 4.42 Å². The van der Waals surface area contributed by atoms with Crippen LogP contribution in [-0.4, -0.2) is 10.1 Å². The molecule has 1 atom stereocenters. The first-order valence-electron chi connectivity index (χ1n) is 9.06. The van der Waals surface area contributed by atoms with Crippen LogP contribution >= 0.6 is 23.1 Å². The van der Waals surface area contributed by atoms with Gasteiger partial charge >= 0.3 is 5.63 Å². The Labute approximate surface area is 175 Å². The van der Waals surface area contributed by atoms with Crippen LogP contribution in [-0.2, 0) is 5.60 Å². The van der Waals surface area contributed by atoms with Gasteiger partial charge in [-0.05, 0) is 54.8 Å². The third kappa shape index (κ3) is 4.12. The maximum absolute atomic E-state index is 13.3. The van der Waals surface area contributed by atoms with Crippen LogP contribution in [0.3, 0.4) is 0 Å². The van der Waals surface area contributed by atoms with Gasteiger partial charge in [0.2, 0.25) is 0 Å². The number of benzene rings is 2. The zero-order valence-electron chi connectivity index (χ0n) is 15.8. The van der Waals surface area contributed by atoms with Crippen molar-refractivity contribution in [3.05, 3.63) is 75.8 Å². The Hall–Kier alpha value is -2.48. The highest BCUT2D eigenvalue weighted by molar-refractivity contribution is 8.01. The molecule has 2 aromatic carbocycles. The predicted molar refractivity (Wildman–Crippen MR) is 114 cm³/mol. The molecule has 0 aliphatic heterocycles. The van der Waals surface area contributed by atoms with Crippen molar-refractivity contribution in [2.45, 2.75) is 35.1 Å². The maximum Gasteiger partial charge on any atom is 0.336 e. The van der Waals surface area contributed by atoms with E-state index in [2.05, 4.69) is 4.98 Å². The molecule has 0 fully saturated rings. The molecular formula is C22H18FNO3S2. The Balaban J connectivity index is 1.70. The van der Waals surface area contributed by atoms with Crippen LogP contribution in [0.15, 0.2) is 73.2 Å². The molecule has 4 nitrogen and oxygen atoms in total. The van der Waals surface area contributed by atoms with Crippen molar-refractivity contribution in [2.24, 2.45) is 0 Å². The van der Waals surface area contributed by atoms with Crippen molar-refractivity contribution in [1.29, 1.82) is 0 Å². The van der Waals surface area contributed by atoms with E-state index in [9.17, 15) is 14.3 Å². The van der Waals surface area contributed by atoms with Gasteiger partial charge in [0.15, 0.2) is 4.34 Å². The summed E-state index contributed by atoms with van der Waals surface area (Å²) in [5.74, 6) is -0.329. The number of nitrogens with zero attached hydrogens (tertiary/aromatic N) is 1. The Morgan fingerprint density at radius 3 is 2.69 bits per heavy atom. The number of thiazole rings is 1. The zero-order valence-corrected chi connectivity index (χ0v) is 17.4. The lowest BCUT2D eigenvalue weighted by Gasteiger charge is -2.18. The zero-order chi connectivity index (χ0) is 20.6. The summed E-state index contributed by atoms with van der Waals surface area (Å²) in [5, 5.41) is 11.2. The predicted octanol–water partition coefficient (Wildman–Crippen LogP) is 5.82. The van der Waals surface area contributed by atoms with Crippen molar-refractivity contribution in [1.82, 2.24) is 4.98 Å². The molecule has 2 heterocycles. The minimum absolute atomic E-state index is 0.329. The Kier molecular flexibility index (Phi) is 5.29. The highest BCUT2D eigenvalue weighted by Gasteiger charge is 2.23. The van der Waals surface area contributed by atoms with E-state index in [0.717, 1.165) is 25.1 Å². The fraction of sp³-hybridized carbons (Fsp3) is 0.182.